The molecule has 3 rings (SSSR count). The van der Waals surface area contributed by atoms with Gasteiger partial charge in [-0.1, -0.05) is 54.1 Å². The van der Waals surface area contributed by atoms with Crippen molar-refractivity contribution in [3.05, 3.63) is 89.0 Å². The minimum atomic E-state index is 0. The molecule has 0 aliphatic heterocycles. The van der Waals surface area contributed by atoms with Crippen molar-refractivity contribution < 1.29 is 0 Å². The maximum Gasteiger partial charge on any atom is 0.191 e. The normalized spacial score (nSPS) is 11.0. The van der Waals surface area contributed by atoms with Crippen LogP contribution in [-0.4, -0.2) is 29.1 Å². The van der Waals surface area contributed by atoms with E-state index in [0.717, 1.165) is 41.9 Å². The molecule has 5 nitrogen and oxygen atoms in total. The van der Waals surface area contributed by atoms with Crippen molar-refractivity contribution in [2.24, 2.45) is 4.99 Å². The van der Waals surface area contributed by atoms with E-state index in [1.54, 1.807) is 7.05 Å². The number of hydrogen-bond donors (Lipinski definition) is 2. The van der Waals surface area contributed by atoms with Crippen molar-refractivity contribution >= 4 is 41.5 Å². The lowest BCUT2D eigenvalue weighted by Gasteiger charge is -2.13. The number of aromatic nitrogens is 2. The number of halogens is 2. The molecule has 0 unspecified atom stereocenters. The summed E-state index contributed by atoms with van der Waals surface area (Å²) < 4.78 is 2.18. The molecule has 2 aromatic carbocycles. The molecule has 0 aliphatic rings. The van der Waals surface area contributed by atoms with Crippen LogP contribution in [0.3, 0.4) is 0 Å². The smallest absolute Gasteiger partial charge is 0.191 e. The van der Waals surface area contributed by atoms with Crippen LogP contribution < -0.4 is 10.6 Å². The number of imidazole rings is 1. The van der Waals surface area contributed by atoms with E-state index < -0.39 is 0 Å². The maximum absolute atomic E-state index is 5.92. The van der Waals surface area contributed by atoms with Crippen molar-refractivity contribution in [3.8, 4) is 0 Å². The van der Waals surface area contributed by atoms with Gasteiger partial charge >= 0.3 is 0 Å². The van der Waals surface area contributed by atoms with Gasteiger partial charge < -0.3 is 15.2 Å². The van der Waals surface area contributed by atoms with Crippen molar-refractivity contribution in [3.63, 3.8) is 0 Å². The number of benzene rings is 2. The molecule has 0 atom stereocenters. The topological polar surface area (TPSA) is 54.2 Å². The molecule has 0 spiro atoms. The fourth-order valence-corrected chi connectivity index (χ4v) is 2.92. The van der Waals surface area contributed by atoms with Gasteiger partial charge in [-0.25, -0.2) is 4.98 Å². The van der Waals surface area contributed by atoms with Gasteiger partial charge in [-0.3, -0.25) is 4.99 Å². The van der Waals surface area contributed by atoms with Gasteiger partial charge in [0.15, 0.2) is 5.96 Å². The first kappa shape index (κ1) is 22.2. The highest BCUT2D eigenvalue weighted by Gasteiger charge is 2.05. The van der Waals surface area contributed by atoms with E-state index in [0.29, 0.717) is 6.54 Å². The van der Waals surface area contributed by atoms with Gasteiger partial charge in [0, 0.05) is 50.5 Å². The third kappa shape index (κ3) is 6.83. The quantitative estimate of drug-likeness (QED) is 0.286. The Morgan fingerprint density at radius 2 is 1.79 bits per heavy atom. The van der Waals surface area contributed by atoms with Gasteiger partial charge in [-0.2, -0.15) is 0 Å². The van der Waals surface area contributed by atoms with Crippen LogP contribution in [0.1, 0.15) is 17.0 Å². The number of guanidine groups is 1. The van der Waals surface area contributed by atoms with Crippen molar-refractivity contribution in [1.82, 2.24) is 20.2 Å². The molecule has 0 saturated carbocycles. The summed E-state index contributed by atoms with van der Waals surface area (Å²) in [6.07, 6.45) is 4.70. The van der Waals surface area contributed by atoms with Gasteiger partial charge in [0.25, 0.3) is 0 Å². The lowest BCUT2D eigenvalue weighted by molar-refractivity contribution is 0.694. The van der Waals surface area contributed by atoms with E-state index >= 15 is 0 Å². The van der Waals surface area contributed by atoms with Gasteiger partial charge in [-0.15, -0.1) is 24.0 Å². The van der Waals surface area contributed by atoms with E-state index in [-0.39, 0.29) is 24.0 Å². The van der Waals surface area contributed by atoms with Crippen LogP contribution in [-0.2, 0) is 19.5 Å². The Morgan fingerprint density at radius 3 is 2.50 bits per heavy atom. The molecule has 1 aromatic heterocycles. The third-order valence-corrected chi connectivity index (χ3v) is 4.49. The molecule has 7 heteroatoms. The van der Waals surface area contributed by atoms with Gasteiger partial charge in [-0.05, 0) is 23.3 Å². The minimum Gasteiger partial charge on any atom is -0.356 e. The molecule has 0 radical (unpaired) electrons. The summed E-state index contributed by atoms with van der Waals surface area (Å²) in [6, 6.07) is 18.2. The summed E-state index contributed by atoms with van der Waals surface area (Å²) in [5, 5.41) is 7.39. The molecular weight excluding hydrogens is 485 g/mol. The summed E-state index contributed by atoms with van der Waals surface area (Å²) in [5.74, 6) is 1.82. The molecular formula is C21H25ClIN5. The Kier molecular flexibility index (Phi) is 9.30. The molecule has 148 valence electrons. The molecule has 0 bridgehead atoms. The molecule has 1 heterocycles. The third-order valence-electron chi connectivity index (χ3n) is 4.24. The van der Waals surface area contributed by atoms with Crippen LogP contribution in [0.25, 0.3) is 0 Å². The van der Waals surface area contributed by atoms with Crippen molar-refractivity contribution in [2.45, 2.75) is 19.5 Å². The molecule has 0 amide bonds. The van der Waals surface area contributed by atoms with Crippen LogP contribution in [0.2, 0.25) is 5.02 Å². The van der Waals surface area contributed by atoms with Crippen LogP contribution in [0.5, 0.6) is 0 Å². The Hall–Kier alpha value is -2.06. The number of aliphatic imine (C=N–C) groups is 1. The number of nitrogens with one attached hydrogen (secondary N) is 2. The van der Waals surface area contributed by atoms with Crippen molar-refractivity contribution in [2.75, 3.05) is 13.6 Å². The van der Waals surface area contributed by atoms with E-state index in [1.807, 2.05) is 42.7 Å². The number of hydrogen-bond acceptors (Lipinski definition) is 2. The van der Waals surface area contributed by atoms with Crippen LogP contribution in [0, 0.1) is 0 Å². The van der Waals surface area contributed by atoms with Crippen LogP contribution in [0.4, 0.5) is 0 Å². The highest BCUT2D eigenvalue weighted by atomic mass is 127. The molecule has 28 heavy (non-hydrogen) atoms. The van der Waals surface area contributed by atoms with Crippen molar-refractivity contribution in [1.29, 1.82) is 0 Å². The predicted molar refractivity (Wildman–Crippen MR) is 127 cm³/mol. The Morgan fingerprint density at radius 1 is 1.04 bits per heavy atom. The molecule has 3 aromatic rings. The zero-order valence-corrected chi connectivity index (χ0v) is 18.9. The zero-order valence-electron chi connectivity index (χ0n) is 15.8. The minimum absolute atomic E-state index is 0. The summed E-state index contributed by atoms with van der Waals surface area (Å²) >= 11 is 5.92. The lowest BCUT2D eigenvalue weighted by Crippen LogP contribution is -2.38. The highest BCUT2D eigenvalue weighted by molar-refractivity contribution is 14.0. The van der Waals surface area contributed by atoms with Gasteiger partial charge in [0.05, 0.1) is 0 Å². The summed E-state index contributed by atoms with van der Waals surface area (Å²) in [6.45, 7) is 2.28. The summed E-state index contributed by atoms with van der Waals surface area (Å²) in [7, 11) is 1.77. The summed E-state index contributed by atoms with van der Waals surface area (Å²) in [4.78, 5) is 8.76. The molecule has 0 fully saturated rings. The number of rotatable bonds is 7. The first-order chi connectivity index (χ1) is 13.2. The molecule has 0 aliphatic carbocycles. The molecule has 0 saturated heterocycles. The average molecular weight is 510 g/mol. The first-order valence-electron chi connectivity index (χ1n) is 8.97. The second-order valence-electron chi connectivity index (χ2n) is 6.19. The maximum atomic E-state index is 5.92. The first-order valence-corrected chi connectivity index (χ1v) is 9.35. The van der Waals surface area contributed by atoms with Crippen LogP contribution in [0.15, 0.2) is 72.0 Å². The Balaban J connectivity index is 0.00000280. The van der Waals surface area contributed by atoms with Gasteiger partial charge in [0.1, 0.15) is 5.82 Å². The SMILES string of the molecule is CN=C(NCCc1nccn1Cc1ccccc1)NCc1ccc(Cl)cc1.I. The van der Waals surface area contributed by atoms with Crippen LogP contribution >= 0.6 is 35.6 Å². The highest BCUT2D eigenvalue weighted by Crippen LogP contribution is 2.09. The van der Waals surface area contributed by atoms with E-state index in [2.05, 4.69) is 49.4 Å². The monoisotopic (exact) mass is 509 g/mol. The fourth-order valence-electron chi connectivity index (χ4n) is 2.79. The van der Waals surface area contributed by atoms with E-state index in [4.69, 9.17) is 11.6 Å². The zero-order chi connectivity index (χ0) is 18.9. The predicted octanol–water partition coefficient (Wildman–Crippen LogP) is 4.11. The Bertz CT molecular complexity index is 862. The average Bonchev–Trinajstić information content (AvgIpc) is 3.13. The van der Waals surface area contributed by atoms with E-state index in [9.17, 15) is 0 Å². The Labute approximate surface area is 188 Å². The second kappa shape index (κ2) is 11.7. The lowest BCUT2D eigenvalue weighted by atomic mass is 10.2. The van der Waals surface area contributed by atoms with E-state index in [1.165, 1.54) is 5.56 Å². The standard InChI is InChI=1S/C21H24ClN5.HI/c1-23-21(26-15-17-7-9-19(22)10-8-17)25-12-11-20-24-13-14-27(20)16-18-5-3-2-4-6-18;/h2-10,13-14H,11-12,15-16H2,1H3,(H2,23,25,26);1H. The van der Waals surface area contributed by atoms with Gasteiger partial charge in [0.2, 0.25) is 0 Å². The largest absolute Gasteiger partial charge is 0.356 e. The molecule has 2 N–H and O–H groups in total. The second-order valence-corrected chi connectivity index (χ2v) is 6.62. The number of nitrogens with zero attached hydrogens (tertiary/aromatic N) is 3. The fraction of sp³-hybridized carbons (Fsp3) is 0.238. The summed E-state index contributed by atoms with van der Waals surface area (Å²) in [5.41, 5.74) is 2.42.